The predicted octanol–water partition coefficient (Wildman–Crippen LogP) is 6.29. The lowest BCUT2D eigenvalue weighted by atomic mass is 9.83. The summed E-state index contributed by atoms with van der Waals surface area (Å²) in [7, 11) is 0. The van der Waals surface area contributed by atoms with Crippen molar-refractivity contribution in [3.05, 3.63) is 77.5 Å². The smallest absolute Gasteiger partial charge is 0.305 e. The maximum Gasteiger partial charge on any atom is 0.433 e. The molecule has 0 radical (unpaired) electrons. The van der Waals surface area contributed by atoms with Gasteiger partial charge in [-0.25, -0.2) is 14.4 Å². The van der Waals surface area contributed by atoms with Crippen molar-refractivity contribution in [1.29, 1.82) is 0 Å². The van der Waals surface area contributed by atoms with Crippen molar-refractivity contribution in [3.63, 3.8) is 0 Å². The maximum absolute atomic E-state index is 16.0. The number of anilines is 1. The number of aromatic nitrogens is 6. The number of nitrogens with zero attached hydrogens (tertiary/aromatic N) is 7. The molecule has 12 nitrogen and oxygen atoms in total. The zero-order valence-electron chi connectivity index (χ0n) is 29.5. The van der Waals surface area contributed by atoms with Gasteiger partial charge in [-0.15, -0.1) is 0 Å². The Morgan fingerprint density at radius 3 is 2.57 bits per heavy atom. The number of carbonyl (C=O) groups excluding carboxylic acids is 3. The molecule has 3 aliphatic rings. The summed E-state index contributed by atoms with van der Waals surface area (Å²) >= 11 is 0. The number of aryl methyl sites for hydroxylation is 1. The number of fused-ring (bicyclic) bond motifs is 2. The Hall–Kier alpha value is -5.25. The van der Waals surface area contributed by atoms with Crippen LogP contribution in [0.25, 0.3) is 21.8 Å². The van der Waals surface area contributed by atoms with E-state index in [0.717, 1.165) is 78.5 Å². The summed E-state index contributed by atoms with van der Waals surface area (Å²) < 4.78 is 58.8. The minimum Gasteiger partial charge on any atom is -0.305 e. The van der Waals surface area contributed by atoms with Crippen LogP contribution in [0, 0.1) is 12.8 Å². The monoisotopic (exact) mass is 745 g/mol. The molecule has 6 heterocycles. The highest BCUT2D eigenvalue weighted by Gasteiger charge is 2.36. The summed E-state index contributed by atoms with van der Waals surface area (Å²) in [5.41, 5.74) is 1.57. The van der Waals surface area contributed by atoms with Crippen molar-refractivity contribution in [2.45, 2.75) is 82.2 Å². The fourth-order valence-corrected chi connectivity index (χ4v) is 8.41. The van der Waals surface area contributed by atoms with E-state index in [1.54, 1.807) is 10.7 Å². The average Bonchev–Trinajstić information content (AvgIpc) is 3.72. The lowest BCUT2D eigenvalue weighted by Crippen LogP contribution is -2.43. The van der Waals surface area contributed by atoms with Gasteiger partial charge in [-0.05, 0) is 87.7 Å². The third-order valence-corrected chi connectivity index (χ3v) is 11.1. The number of likely N-dealkylation sites (tertiary alicyclic amines) is 1. The van der Waals surface area contributed by atoms with Crippen LogP contribution in [0.2, 0.25) is 0 Å². The van der Waals surface area contributed by atoms with Gasteiger partial charge in [-0.2, -0.15) is 23.4 Å². The van der Waals surface area contributed by atoms with Gasteiger partial charge in [0.2, 0.25) is 5.91 Å². The number of halogens is 4. The molecule has 54 heavy (non-hydrogen) atoms. The zero-order chi connectivity index (χ0) is 37.7. The summed E-state index contributed by atoms with van der Waals surface area (Å²) in [6.45, 7) is 3.84. The summed E-state index contributed by atoms with van der Waals surface area (Å²) in [4.78, 5) is 46.9. The number of pyridine rings is 2. The SMILES string of the molecule is Cc1nn(C2CCC(=O)NC2=O)c2cccc([C@H]3CCN(CC4CCC(n5cc6cc(NC(=O)c7cccc(C(F)(F)F)n7)ncc6n5)CC4)C[C@@H]3F)c12. The number of imide groups is 1. The third kappa shape index (κ3) is 7.06. The molecule has 282 valence electrons. The van der Waals surface area contributed by atoms with E-state index < -0.39 is 30.0 Å². The van der Waals surface area contributed by atoms with Crippen molar-refractivity contribution in [2.75, 3.05) is 25.0 Å². The first-order valence-electron chi connectivity index (χ1n) is 18.3. The van der Waals surface area contributed by atoms with Crippen molar-refractivity contribution in [2.24, 2.45) is 5.92 Å². The van der Waals surface area contributed by atoms with Gasteiger partial charge in [0.05, 0.1) is 23.4 Å². The number of piperidine rings is 2. The standard InChI is InChI=1S/C38H39F4N9O3/c1-21-35-26(4-2-6-30(35)51(47-21)31-12-13-34(52)46-37(31)54)25-14-15-49(20-27(25)39)18-22-8-10-24(11-9-22)50-19-23-16-33(43-17-29(23)48-50)45-36(53)28-5-3-7-32(44-28)38(40,41)42/h2-7,16-17,19,22,24-25,27,31H,8-15,18,20H2,1H3,(H,45,53)(H,46,52,54)/t22?,24?,25-,27+,31?/m1/s1. The third-order valence-electron chi connectivity index (χ3n) is 11.1. The van der Waals surface area contributed by atoms with Gasteiger partial charge in [-0.1, -0.05) is 18.2 Å². The van der Waals surface area contributed by atoms with Crippen LogP contribution in [0.4, 0.5) is 23.4 Å². The van der Waals surface area contributed by atoms with E-state index in [1.165, 1.54) is 12.3 Å². The Balaban J connectivity index is 0.862. The van der Waals surface area contributed by atoms with Crippen LogP contribution in [0.1, 0.15) is 90.4 Å². The highest BCUT2D eigenvalue weighted by atomic mass is 19.4. The number of nitrogens with one attached hydrogen (secondary N) is 2. The predicted molar refractivity (Wildman–Crippen MR) is 190 cm³/mol. The fraction of sp³-hybridized carbons (Fsp3) is 0.447. The second kappa shape index (κ2) is 14.2. The number of hydrogen-bond donors (Lipinski definition) is 2. The van der Waals surface area contributed by atoms with E-state index in [2.05, 4.69) is 25.5 Å². The van der Waals surface area contributed by atoms with Gasteiger partial charge in [0, 0.05) is 42.4 Å². The van der Waals surface area contributed by atoms with Gasteiger partial charge in [0.15, 0.2) is 0 Å². The first-order chi connectivity index (χ1) is 25.9. The number of hydrogen-bond acceptors (Lipinski definition) is 8. The molecule has 2 N–H and O–H groups in total. The summed E-state index contributed by atoms with van der Waals surface area (Å²) in [6, 6.07) is 10.2. The average molecular weight is 746 g/mol. The first-order valence-corrected chi connectivity index (χ1v) is 18.3. The first kappa shape index (κ1) is 35.8. The molecule has 1 saturated carbocycles. The highest BCUT2D eigenvalue weighted by molar-refractivity contribution is 6.03. The second-order valence-corrected chi connectivity index (χ2v) is 14.7. The van der Waals surface area contributed by atoms with Crippen molar-refractivity contribution in [3.8, 4) is 0 Å². The number of amides is 3. The van der Waals surface area contributed by atoms with Gasteiger partial charge in [0.25, 0.3) is 11.8 Å². The minimum absolute atomic E-state index is 0.172. The number of benzene rings is 1. The normalized spacial score (nSPS) is 24.2. The van der Waals surface area contributed by atoms with Crippen molar-refractivity contribution < 1.29 is 31.9 Å². The van der Waals surface area contributed by atoms with E-state index >= 15 is 4.39 Å². The molecule has 3 fully saturated rings. The Morgan fingerprint density at radius 2 is 1.81 bits per heavy atom. The molecule has 1 unspecified atom stereocenters. The topological polar surface area (TPSA) is 140 Å². The molecule has 4 aromatic heterocycles. The lowest BCUT2D eigenvalue weighted by molar-refractivity contribution is -0.141. The summed E-state index contributed by atoms with van der Waals surface area (Å²) in [5, 5.41) is 16.0. The number of rotatable bonds is 7. The Labute approximate surface area is 307 Å². The molecular weight excluding hydrogens is 706 g/mol. The van der Waals surface area contributed by atoms with Gasteiger partial charge in [0.1, 0.15) is 34.9 Å². The molecule has 1 aromatic carbocycles. The van der Waals surface area contributed by atoms with Gasteiger partial charge in [-0.3, -0.25) is 29.1 Å². The molecule has 2 aliphatic heterocycles. The largest absolute Gasteiger partial charge is 0.433 e. The van der Waals surface area contributed by atoms with E-state index in [-0.39, 0.29) is 41.7 Å². The molecule has 0 spiro atoms. The second-order valence-electron chi connectivity index (χ2n) is 14.7. The quantitative estimate of drug-likeness (QED) is 0.146. The zero-order valence-corrected chi connectivity index (χ0v) is 29.5. The van der Waals surface area contributed by atoms with E-state index in [1.807, 2.05) is 36.0 Å². The van der Waals surface area contributed by atoms with Crippen LogP contribution in [0.5, 0.6) is 0 Å². The Kier molecular flexibility index (Phi) is 9.40. The van der Waals surface area contributed by atoms with Crippen molar-refractivity contribution in [1.82, 2.24) is 39.7 Å². The molecule has 3 amide bonds. The summed E-state index contributed by atoms with van der Waals surface area (Å²) in [5.74, 6) is -1.11. The highest BCUT2D eigenvalue weighted by Crippen LogP contribution is 2.39. The van der Waals surface area contributed by atoms with Gasteiger partial charge >= 0.3 is 6.18 Å². The van der Waals surface area contributed by atoms with Crippen LogP contribution in [0.15, 0.2) is 54.9 Å². The fourth-order valence-electron chi connectivity index (χ4n) is 8.41. The molecular formula is C38H39F4N9O3. The van der Waals surface area contributed by atoms with Crippen LogP contribution in [0.3, 0.4) is 0 Å². The number of carbonyl (C=O) groups is 3. The van der Waals surface area contributed by atoms with Gasteiger partial charge < -0.3 is 10.2 Å². The lowest BCUT2D eigenvalue weighted by Gasteiger charge is -2.38. The van der Waals surface area contributed by atoms with E-state index in [0.29, 0.717) is 30.8 Å². The molecule has 0 bridgehead atoms. The molecule has 2 saturated heterocycles. The van der Waals surface area contributed by atoms with Crippen LogP contribution in [-0.4, -0.2) is 78.0 Å². The van der Waals surface area contributed by atoms with Crippen LogP contribution < -0.4 is 10.6 Å². The minimum atomic E-state index is -4.66. The number of alkyl halides is 4. The van der Waals surface area contributed by atoms with Crippen molar-refractivity contribution >= 4 is 45.3 Å². The molecule has 3 atom stereocenters. The van der Waals surface area contributed by atoms with E-state index in [4.69, 9.17) is 10.2 Å². The molecule has 5 aromatic rings. The Morgan fingerprint density at radius 1 is 1.02 bits per heavy atom. The molecule has 16 heteroatoms. The van der Waals surface area contributed by atoms with E-state index in [9.17, 15) is 27.6 Å². The molecule has 1 aliphatic carbocycles. The maximum atomic E-state index is 16.0. The van der Waals surface area contributed by atoms with Crippen LogP contribution in [-0.2, 0) is 15.8 Å². The summed E-state index contributed by atoms with van der Waals surface area (Å²) in [6.07, 6.45) is 2.76. The Bertz CT molecular complexity index is 2240. The van der Waals surface area contributed by atoms with Crippen LogP contribution >= 0.6 is 0 Å². The molecule has 8 rings (SSSR count).